The highest BCUT2D eigenvalue weighted by atomic mass is 32.1. The highest BCUT2D eigenvalue weighted by Gasteiger charge is 2.30. The van der Waals surface area contributed by atoms with Gasteiger partial charge in [-0.1, -0.05) is 0 Å². The van der Waals surface area contributed by atoms with Crippen molar-refractivity contribution in [1.82, 2.24) is 25.1 Å². The number of anilines is 2. The average Bonchev–Trinajstić information content (AvgIpc) is 3.47. The number of hydrogen-bond acceptors (Lipinski definition) is 9. The van der Waals surface area contributed by atoms with E-state index in [0.29, 0.717) is 24.5 Å². The summed E-state index contributed by atoms with van der Waals surface area (Å²) in [6.45, 7) is 5.19. The highest BCUT2D eigenvalue weighted by Crippen LogP contribution is 2.40. The summed E-state index contributed by atoms with van der Waals surface area (Å²) in [5.74, 6) is 1.24. The molecule has 0 amide bonds. The van der Waals surface area contributed by atoms with Crippen LogP contribution in [0.3, 0.4) is 0 Å². The Labute approximate surface area is 190 Å². The van der Waals surface area contributed by atoms with Gasteiger partial charge in [-0.2, -0.15) is 10.1 Å². The second-order valence-corrected chi connectivity index (χ2v) is 9.73. The lowest BCUT2D eigenvalue weighted by Gasteiger charge is -2.38. The lowest BCUT2D eigenvalue weighted by molar-refractivity contribution is -0.00125. The Morgan fingerprint density at radius 3 is 2.78 bits per heavy atom. The van der Waals surface area contributed by atoms with Crippen molar-refractivity contribution in [1.29, 1.82) is 0 Å². The number of morpholine rings is 1. The number of rotatable bonds is 5. The Kier molecular flexibility index (Phi) is 5.68. The van der Waals surface area contributed by atoms with E-state index in [1.165, 1.54) is 10.4 Å². The van der Waals surface area contributed by atoms with E-state index in [2.05, 4.69) is 20.4 Å². The third-order valence-electron chi connectivity index (χ3n) is 6.67. The minimum Gasteiger partial charge on any atom is -0.474 e. The lowest BCUT2D eigenvalue weighted by Crippen LogP contribution is -2.46. The monoisotopic (exact) mass is 456 g/mol. The molecule has 2 N–H and O–H groups in total. The van der Waals surface area contributed by atoms with E-state index < -0.39 is 0 Å². The summed E-state index contributed by atoms with van der Waals surface area (Å²) in [4.78, 5) is 14.4. The number of ether oxygens (including phenoxy) is 3. The summed E-state index contributed by atoms with van der Waals surface area (Å²) < 4.78 is 17.8. The van der Waals surface area contributed by atoms with E-state index in [-0.39, 0.29) is 6.10 Å². The predicted molar refractivity (Wildman–Crippen MR) is 122 cm³/mol. The van der Waals surface area contributed by atoms with Gasteiger partial charge < -0.3 is 19.5 Å². The Morgan fingerprint density at radius 2 is 1.97 bits per heavy atom. The molecule has 1 saturated carbocycles. The van der Waals surface area contributed by atoms with Gasteiger partial charge in [0.25, 0.3) is 0 Å². The summed E-state index contributed by atoms with van der Waals surface area (Å²) in [6, 6.07) is 0.647. The molecule has 3 aromatic rings. The number of aromatic amines is 1. The van der Waals surface area contributed by atoms with Gasteiger partial charge in [0.05, 0.1) is 43.7 Å². The molecule has 1 aliphatic carbocycles. The van der Waals surface area contributed by atoms with Crippen molar-refractivity contribution in [3.05, 3.63) is 22.8 Å². The SMILES string of the molecule is c1n[nH]cc1Nc1nc(OC2CCC(N3CCOCC3)CC2)c2c3c(sc2n1)COCC3. The number of hydrogen-bond donors (Lipinski definition) is 2. The van der Waals surface area contributed by atoms with Crippen LogP contribution in [-0.2, 0) is 22.5 Å². The molecule has 10 heteroatoms. The van der Waals surface area contributed by atoms with E-state index >= 15 is 0 Å². The molecular weight excluding hydrogens is 428 g/mol. The Balaban J connectivity index is 1.24. The normalized spacial score (nSPS) is 24.4. The van der Waals surface area contributed by atoms with Crippen molar-refractivity contribution in [2.45, 2.75) is 50.9 Å². The highest BCUT2D eigenvalue weighted by molar-refractivity contribution is 7.18. The second-order valence-electron chi connectivity index (χ2n) is 8.65. The third kappa shape index (κ3) is 4.07. The smallest absolute Gasteiger partial charge is 0.232 e. The minimum atomic E-state index is 0.183. The summed E-state index contributed by atoms with van der Waals surface area (Å²) in [7, 11) is 0. The molecule has 0 bridgehead atoms. The molecule has 0 atom stereocenters. The molecule has 9 nitrogen and oxygen atoms in total. The number of fused-ring (bicyclic) bond motifs is 3. The van der Waals surface area contributed by atoms with Gasteiger partial charge in [0, 0.05) is 30.2 Å². The number of nitrogens with zero attached hydrogens (tertiary/aromatic N) is 4. The van der Waals surface area contributed by atoms with Gasteiger partial charge in [-0.3, -0.25) is 10.00 Å². The van der Waals surface area contributed by atoms with Crippen LogP contribution in [0, 0.1) is 0 Å². The molecule has 2 aliphatic heterocycles. The molecule has 5 heterocycles. The van der Waals surface area contributed by atoms with Crippen molar-refractivity contribution in [3.63, 3.8) is 0 Å². The molecule has 0 spiro atoms. The lowest BCUT2D eigenvalue weighted by atomic mass is 9.91. The van der Waals surface area contributed by atoms with E-state index in [9.17, 15) is 0 Å². The van der Waals surface area contributed by atoms with Gasteiger partial charge in [-0.05, 0) is 37.7 Å². The van der Waals surface area contributed by atoms with Crippen molar-refractivity contribution in [2.24, 2.45) is 0 Å². The van der Waals surface area contributed by atoms with Gasteiger partial charge in [0.15, 0.2) is 0 Å². The van der Waals surface area contributed by atoms with Crippen LogP contribution in [0.4, 0.5) is 11.6 Å². The van der Waals surface area contributed by atoms with Gasteiger partial charge in [0.2, 0.25) is 11.8 Å². The molecule has 0 unspecified atom stereocenters. The van der Waals surface area contributed by atoms with Gasteiger partial charge in [0.1, 0.15) is 10.9 Å². The zero-order valence-electron chi connectivity index (χ0n) is 18.0. The number of aromatic nitrogens is 4. The summed E-state index contributed by atoms with van der Waals surface area (Å²) >= 11 is 1.68. The zero-order chi connectivity index (χ0) is 21.3. The number of nitrogens with one attached hydrogen (secondary N) is 2. The van der Waals surface area contributed by atoms with Crippen LogP contribution in [0.2, 0.25) is 0 Å². The Hall–Kier alpha value is -2.27. The van der Waals surface area contributed by atoms with Crippen molar-refractivity contribution >= 4 is 33.2 Å². The van der Waals surface area contributed by atoms with Crippen LogP contribution in [0.25, 0.3) is 10.2 Å². The molecule has 0 radical (unpaired) electrons. The van der Waals surface area contributed by atoms with Crippen LogP contribution in [-0.4, -0.2) is 70.1 Å². The van der Waals surface area contributed by atoms with Gasteiger partial charge >= 0.3 is 0 Å². The second kappa shape index (κ2) is 8.93. The van der Waals surface area contributed by atoms with Crippen LogP contribution in [0.1, 0.15) is 36.1 Å². The maximum Gasteiger partial charge on any atom is 0.232 e. The van der Waals surface area contributed by atoms with Gasteiger partial charge in [-0.25, -0.2) is 4.98 Å². The fraction of sp³-hybridized carbons (Fsp3) is 0.591. The van der Waals surface area contributed by atoms with Crippen LogP contribution >= 0.6 is 11.3 Å². The molecule has 170 valence electrons. The largest absolute Gasteiger partial charge is 0.474 e. The maximum atomic E-state index is 6.60. The zero-order valence-corrected chi connectivity index (χ0v) is 18.8. The van der Waals surface area contributed by atoms with Crippen molar-refractivity contribution < 1.29 is 14.2 Å². The van der Waals surface area contributed by atoms with Crippen molar-refractivity contribution in [2.75, 3.05) is 38.2 Å². The number of H-pyrrole nitrogens is 1. The first-order valence-corrected chi connectivity index (χ1v) is 12.3. The van der Waals surface area contributed by atoms with E-state index in [0.717, 1.165) is 80.9 Å². The van der Waals surface area contributed by atoms with Crippen LogP contribution in [0.5, 0.6) is 5.88 Å². The Bertz CT molecular complexity index is 1060. The summed E-state index contributed by atoms with van der Waals surface area (Å²) in [5.41, 5.74) is 2.12. The first-order valence-electron chi connectivity index (χ1n) is 11.5. The topological polar surface area (TPSA) is 97.4 Å². The molecule has 32 heavy (non-hydrogen) atoms. The molecule has 1 saturated heterocycles. The molecular formula is C22H28N6O3S. The molecule has 3 aliphatic rings. The van der Waals surface area contributed by atoms with Crippen molar-refractivity contribution in [3.8, 4) is 5.88 Å². The summed E-state index contributed by atoms with van der Waals surface area (Å²) in [5, 5.41) is 11.1. The van der Waals surface area contributed by atoms with Crippen LogP contribution < -0.4 is 10.1 Å². The van der Waals surface area contributed by atoms with E-state index in [1.807, 2.05) is 0 Å². The first-order chi connectivity index (χ1) is 15.8. The first kappa shape index (κ1) is 20.3. The quantitative estimate of drug-likeness (QED) is 0.604. The van der Waals surface area contributed by atoms with E-state index in [4.69, 9.17) is 24.2 Å². The van der Waals surface area contributed by atoms with Crippen LogP contribution in [0.15, 0.2) is 12.4 Å². The molecule has 0 aromatic carbocycles. The minimum absolute atomic E-state index is 0.183. The maximum absolute atomic E-state index is 6.60. The Morgan fingerprint density at radius 1 is 1.09 bits per heavy atom. The number of thiophene rings is 1. The fourth-order valence-electron chi connectivity index (χ4n) is 5.01. The third-order valence-corrected chi connectivity index (χ3v) is 7.77. The molecule has 2 fully saturated rings. The average molecular weight is 457 g/mol. The molecule has 3 aromatic heterocycles. The van der Waals surface area contributed by atoms with Gasteiger partial charge in [-0.15, -0.1) is 11.3 Å². The van der Waals surface area contributed by atoms with E-state index in [1.54, 1.807) is 23.7 Å². The predicted octanol–water partition coefficient (Wildman–Crippen LogP) is 3.25. The molecule has 6 rings (SSSR count). The fourth-order valence-corrected chi connectivity index (χ4v) is 6.16. The standard InChI is InChI=1S/C22H28N6O3S/c1-3-16(4-2-15(1)28-6-9-29-10-7-28)31-20-19-17-5-8-30-13-18(17)32-21(19)27-22(26-20)25-14-11-23-24-12-14/h11-12,15-16H,1-10,13H2,(H,23,24)(H,25,26,27). The summed E-state index contributed by atoms with van der Waals surface area (Å²) in [6.07, 6.45) is 8.99.